The van der Waals surface area contributed by atoms with E-state index in [9.17, 15) is 8.78 Å². The lowest BCUT2D eigenvalue weighted by molar-refractivity contribution is 0.418. The summed E-state index contributed by atoms with van der Waals surface area (Å²) in [5, 5.41) is 20.2. The predicted octanol–water partition coefficient (Wildman–Crippen LogP) is 5.80. The number of benzene rings is 1. The molecule has 0 atom stereocenters. The minimum Gasteiger partial charge on any atom is -0.307 e. The molecule has 5 rings (SSSR count). The number of anilines is 2. The maximum Gasteiger partial charge on any atom is 0.169 e. The molecule has 2 saturated carbocycles. The molecule has 1 aromatic carbocycles. The van der Waals surface area contributed by atoms with E-state index >= 15 is 0 Å². The Kier molecular flexibility index (Phi) is 8.37. The van der Waals surface area contributed by atoms with Crippen molar-refractivity contribution in [3.8, 4) is 0 Å². The molecule has 35 heavy (non-hydrogen) atoms. The number of rotatable bonds is 6. The monoisotopic (exact) mass is 520 g/mol. The first-order valence-electron chi connectivity index (χ1n) is 11.2. The molecule has 2 aromatic heterocycles. The van der Waals surface area contributed by atoms with Crippen LogP contribution in [0.4, 0.5) is 20.4 Å². The number of nitrogens with two attached hydrogens (primary N) is 1. The quantitative estimate of drug-likeness (QED) is 0.213. The van der Waals surface area contributed by atoms with Crippen LogP contribution in [0.15, 0.2) is 35.4 Å². The molecule has 0 saturated heterocycles. The van der Waals surface area contributed by atoms with Crippen molar-refractivity contribution >= 4 is 41.1 Å². The first-order chi connectivity index (χ1) is 16.9. The standard InChI is InChI=1S/C15H13ClF2N4.C8H11ClN4/c16-15-13(10-2-1-3-10)7-14(21-22-15)20-19-8-9-4-11(17)6-12(18)5-9;9-8-6(5-2-1-3-5)4-7(11-10)12-13-8/h4-8,10H,1-3H2,(H,20,21);4-5H,1-3,10H2,(H,11,12). The SMILES string of the molecule is Fc1cc(F)cc(C=NNc2cc(C3CCC3)c(Cl)nn2)c1.NNc1cc(C2CCC2)c(Cl)nn1. The van der Waals surface area contributed by atoms with Crippen LogP contribution < -0.4 is 16.7 Å². The van der Waals surface area contributed by atoms with Gasteiger partial charge in [-0.05, 0) is 72.9 Å². The summed E-state index contributed by atoms with van der Waals surface area (Å²) in [5.41, 5.74) is 7.49. The van der Waals surface area contributed by atoms with Crippen molar-refractivity contribution in [2.75, 3.05) is 10.9 Å². The minimum absolute atomic E-state index is 0.311. The van der Waals surface area contributed by atoms with Crippen LogP contribution in [0.3, 0.4) is 0 Å². The lowest BCUT2D eigenvalue weighted by atomic mass is 9.81. The molecule has 3 aromatic rings. The summed E-state index contributed by atoms with van der Waals surface area (Å²) in [6, 6.07) is 6.85. The molecule has 4 N–H and O–H groups in total. The molecule has 0 unspecified atom stereocenters. The third kappa shape index (κ3) is 6.59. The van der Waals surface area contributed by atoms with Crippen LogP contribution in [0.25, 0.3) is 0 Å². The largest absolute Gasteiger partial charge is 0.307 e. The Morgan fingerprint density at radius 1 is 0.800 bits per heavy atom. The Labute approximate surface area is 211 Å². The zero-order chi connectivity index (χ0) is 24.8. The van der Waals surface area contributed by atoms with Crippen LogP contribution in [0, 0.1) is 11.6 Å². The normalized spacial score (nSPS) is 15.7. The van der Waals surface area contributed by atoms with E-state index in [0.29, 0.717) is 39.3 Å². The van der Waals surface area contributed by atoms with E-state index in [-0.39, 0.29) is 0 Å². The van der Waals surface area contributed by atoms with E-state index in [1.165, 1.54) is 44.0 Å². The number of nitrogens with zero attached hydrogens (tertiary/aromatic N) is 5. The molecule has 0 radical (unpaired) electrons. The summed E-state index contributed by atoms with van der Waals surface area (Å²) in [6.45, 7) is 0. The van der Waals surface area contributed by atoms with Gasteiger partial charge in [-0.25, -0.2) is 14.6 Å². The molecule has 8 nitrogen and oxygen atoms in total. The topological polar surface area (TPSA) is 114 Å². The van der Waals surface area contributed by atoms with Gasteiger partial charge in [-0.2, -0.15) is 5.10 Å². The first kappa shape index (κ1) is 25.2. The maximum atomic E-state index is 13.1. The zero-order valence-corrected chi connectivity index (χ0v) is 20.2. The number of hydrogen-bond donors (Lipinski definition) is 3. The lowest BCUT2D eigenvalue weighted by Gasteiger charge is -2.26. The Balaban J connectivity index is 0.000000189. The van der Waals surface area contributed by atoms with Crippen molar-refractivity contribution in [1.29, 1.82) is 0 Å². The van der Waals surface area contributed by atoms with Crippen molar-refractivity contribution in [3.05, 3.63) is 69.0 Å². The van der Waals surface area contributed by atoms with Crippen molar-refractivity contribution in [3.63, 3.8) is 0 Å². The summed E-state index contributed by atoms with van der Waals surface area (Å²) in [7, 11) is 0. The van der Waals surface area contributed by atoms with E-state index in [1.807, 2.05) is 12.1 Å². The van der Waals surface area contributed by atoms with Crippen LogP contribution in [0.5, 0.6) is 0 Å². The van der Waals surface area contributed by atoms with Crippen molar-refractivity contribution in [2.45, 2.75) is 50.4 Å². The molecule has 0 bridgehead atoms. The van der Waals surface area contributed by atoms with E-state index in [2.05, 4.69) is 36.3 Å². The molecule has 0 amide bonds. The molecule has 0 aliphatic heterocycles. The van der Waals surface area contributed by atoms with E-state index < -0.39 is 11.6 Å². The summed E-state index contributed by atoms with van der Waals surface area (Å²) in [4.78, 5) is 0. The van der Waals surface area contributed by atoms with E-state index in [4.69, 9.17) is 29.0 Å². The van der Waals surface area contributed by atoms with Gasteiger partial charge in [0, 0.05) is 11.6 Å². The fraction of sp³-hybridized carbons (Fsp3) is 0.348. The molecular formula is C23H24Cl2F2N8. The molecule has 2 aliphatic carbocycles. The van der Waals surface area contributed by atoms with Crippen molar-refractivity contribution < 1.29 is 8.78 Å². The summed E-state index contributed by atoms with van der Waals surface area (Å²) >= 11 is 12.0. The van der Waals surface area contributed by atoms with Crippen molar-refractivity contribution in [2.24, 2.45) is 10.9 Å². The number of hydrazone groups is 1. The molecule has 2 fully saturated rings. The second-order valence-corrected chi connectivity index (χ2v) is 9.14. The minimum atomic E-state index is -0.653. The van der Waals surface area contributed by atoms with Crippen molar-refractivity contribution in [1.82, 2.24) is 20.4 Å². The average Bonchev–Trinajstić information content (AvgIpc) is 2.75. The average molecular weight is 521 g/mol. The molecular weight excluding hydrogens is 497 g/mol. The highest BCUT2D eigenvalue weighted by molar-refractivity contribution is 6.30. The van der Waals surface area contributed by atoms with Gasteiger partial charge in [0.15, 0.2) is 21.9 Å². The van der Waals surface area contributed by atoms with Crippen LogP contribution >= 0.6 is 23.2 Å². The molecule has 2 heterocycles. The van der Waals surface area contributed by atoms with Gasteiger partial charge < -0.3 is 5.43 Å². The number of nitrogen functional groups attached to an aromatic ring is 1. The van der Waals surface area contributed by atoms with Crippen LogP contribution in [0.2, 0.25) is 10.3 Å². The van der Waals surface area contributed by atoms with Gasteiger partial charge in [0.1, 0.15) is 11.6 Å². The number of nitrogens with one attached hydrogen (secondary N) is 2. The van der Waals surface area contributed by atoms with Gasteiger partial charge in [-0.3, -0.25) is 5.43 Å². The Bertz CT molecular complexity index is 1180. The summed E-state index contributed by atoms with van der Waals surface area (Å²) < 4.78 is 26.1. The fourth-order valence-corrected chi connectivity index (χ4v) is 4.23. The number of hydrazine groups is 1. The zero-order valence-electron chi connectivity index (χ0n) is 18.7. The highest BCUT2D eigenvalue weighted by Gasteiger charge is 2.24. The molecule has 2 aliphatic rings. The van der Waals surface area contributed by atoms with Gasteiger partial charge in [-0.1, -0.05) is 36.0 Å². The third-order valence-corrected chi connectivity index (χ3v) is 6.66. The van der Waals surface area contributed by atoms with Gasteiger partial charge >= 0.3 is 0 Å². The van der Waals surface area contributed by atoms with Crippen LogP contribution in [-0.2, 0) is 0 Å². The highest BCUT2D eigenvalue weighted by atomic mass is 35.5. The van der Waals surface area contributed by atoms with Crippen LogP contribution in [0.1, 0.15) is 67.1 Å². The van der Waals surface area contributed by atoms with E-state index in [1.54, 1.807) is 0 Å². The Hall–Kier alpha value is -2.95. The molecule has 0 spiro atoms. The lowest BCUT2D eigenvalue weighted by Crippen LogP contribution is -2.14. The Morgan fingerprint density at radius 3 is 1.80 bits per heavy atom. The summed E-state index contributed by atoms with van der Waals surface area (Å²) in [5.74, 6) is 5.92. The third-order valence-electron chi connectivity index (χ3n) is 6.07. The van der Waals surface area contributed by atoms with Gasteiger partial charge in [0.25, 0.3) is 0 Å². The number of aromatic nitrogens is 4. The molecule has 184 valence electrons. The number of halogens is 4. The van der Waals surface area contributed by atoms with Gasteiger partial charge in [0.05, 0.1) is 6.21 Å². The molecule has 12 heteroatoms. The maximum absolute atomic E-state index is 13.1. The number of hydrogen-bond acceptors (Lipinski definition) is 8. The smallest absolute Gasteiger partial charge is 0.169 e. The second kappa shape index (κ2) is 11.7. The second-order valence-electron chi connectivity index (χ2n) is 8.42. The van der Waals surface area contributed by atoms with Gasteiger partial charge in [0.2, 0.25) is 0 Å². The predicted molar refractivity (Wildman–Crippen MR) is 133 cm³/mol. The first-order valence-corrected chi connectivity index (χ1v) is 12.0. The fourth-order valence-electron chi connectivity index (χ4n) is 3.74. The summed E-state index contributed by atoms with van der Waals surface area (Å²) in [6.07, 6.45) is 8.34. The highest BCUT2D eigenvalue weighted by Crippen LogP contribution is 2.40. The van der Waals surface area contributed by atoms with E-state index in [0.717, 1.165) is 30.0 Å². The van der Waals surface area contributed by atoms with Crippen LogP contribution in [-0.4, -0.2) is 26.6 Å². The van der Waals surface area contributed by atoms with Gasteiger partial charge in [-0.15, -0.1) is 20.4 Å². The Morgan fingerprint density at radius 2 is 1.31 bits per heavy atom.